The highest BCUT2D eigenvalue weighted by Crippen LogP contribution is 2.26. The Morgan fingerprint density at radius 1 is 1.33 bits per heavy atom. The average molecular weight is 370 g/mol. The van der Waals surface area contributed by atoms with Crippen molar-refractivity contribution >= 4 is 11.8 Å². The number of aromatic nitrogens is 2. The molecule has 0 radical (unpaired) electrons. The molecule has 2 aromatic rings. The third kappa shape index (κ3) is 4.36. The predicted octanol–water partition coefficient (Wildman–Crippen LogP) is 1.71. The molecule has 0 aliphatic carbocycles. The third-order valence-electron chi connectivity index (χ3n) is 4.78. The molecule has 1 unspecified atom stereocenters. The van der Waals surface area contributed by atoms with Gasteiger partial charge in [0.1, 0.15) is 5.82 Å². The van der Waals surface area contributed by atoms with Crippen molar-refractivity contribution in [1.29, 1.82) is 0 Å². The van der Waals surface area contributed by atoms with E-state index in [1.165, 1.54) is 0 Å². The Kier molecular flexibility index (Phi) is 5.91. The van der Waals surface area contributed by atoms with Crippen LogP contribution in [0, 0.1) is 6.92 Å². The number of hydrogen-bond acceptors (Lipinski definition) is 4. The van der Waals surface area contributed by atoms with E-state index >= 15 is 0 Å². The van der Waals surface area contributed by atoms with Crippen LogP contribution < -0.4 is 5.32 Å². The SMILES string of the molecule is COCCNC(=O)Cc1cn2c(n1)C(C)N(C(=O)c1cccc(C)c1)CC2. The molecule has 2 amide bonds. The Morgan fingerprint density at radius 3 is 2.89 bits per heavy atom. The Hall–Kier alpha value is -2.67. The summed E-state index contributed by atoms with van der Waals surface area (Å²) in [7, 11) is 1.60. The Labute approximate surface area is 159 Å². The first-order chi connectivity index (χ1) is 13.0. The largest absolute Gasteiger partial charge is 0.383 e. The summed E-state index contributed by atoms with van der Waals surface area (Å²) in [4.78, 5) is 31.4. The molecule has 0 spiro atoms. The lowest BCUT2D eigenvalue weighted by molar-refractivity contribution is -0.120. The van der Waals surface area contributed by atoms with E-state index in [0.717, 1.165) is 17.1 Å². The lowest BCUT2D eigenvalue weighted by Crippen LogP contribution is -2.41. The maximum Gasteiger partial charge on any atom is 0.254 e. The zero-order chi connectivity index (χ0) is 19.4. The number of hydrogen-bond donors (Lipinski definition) is 1. The smallest absolute Gasteiger partial charge is 0.254 e. The van der Waals surface area contributed by atoms with E-state index in [9.17, 15) is 9.59 Å². The van der Waals surface area contributed by atoms with Gasteiger partial charge in [-0.15, -0.1) is 0 Å². The van der Waals surface area contributed by atoms with Crippen LogP contribution in [-0.4, -0.2) is 53.1 Å². The number of methoxy groups -OCH3 is 1. The highest BCUT2D eigenvalue weighted by Gasteiger charge is 2.30. The minimum absolute atomic E-state index is 0.0132. The highest BCUT2D eigenvalue weighted by molar-refractivity contribution is 5.94. The summed E-state index contributed by atoms with van der Waals surface area (Å²) in [5.41, 5.74) is 2.48. The van der Waals surface area contributed by atoms with Crippen LogP contribution in [0.3, 0.4) is 0 Å². The third-order valence-corrected chi connectivity index (χ3v) is 4.78. The maximum atomic E-state index is 12.9. The van der Waals surface area contributed by atoms with Crippen LogP contribution >= 0.6 is 0 Å². The van der Waals surface area contributed by atoms with E-state index in [4.69, 9.17) is 4.74 Å². The molecule has 1 aliphatic heterocycles. The van der Waals surface area contributed by atoms with Gasteiger partial charge in [-0.2, -0.15) is 0 Å². The fourth-order valence-electron chi connectivity index (χ4n) is 3.37. The van der Waals surface area contributed by atoms with Gasteiger partial charge in [0, 0.05) is 38.5 Å². The molecule has 1 aliphatic rings. The number of benzene rings is 1. The van der Waals surface area contributed by atoms with Gasteiger partial charge in [-0.3, -0.25) is 9.59 Å². The fourth-order valence-corrected chi connectivity index (χ4v) is 3.37. The number of ether oxygens (including phenoxy) is 1. The first-order valence-corrected chi connectivity index (χ1v) is 9.19. The summed E-state index contributed by atoms with van der Waals surface area (Å²) in [6.45, 7) is 6.23. The van der Waals surface area contributed by atoms with Gasteiger partial charge in [-0.25, -0.2) is 4.98 Å². The van der Waals surface area contributed by atoms with Gasteiger partial charge in [0.25, 0.3) is 5.91 Å². The number of nitrogens with zero attached hydrogens (tertiary/aromatic N) is 3. The summed E-state index contributed by atoms with van der Waals surface area (Å²) in [5.74, 6) is 0.754. The van der Waals surface area contributed by atoms with Gasteiger partial charge in [-0.05, 0) is 26.0 Å². The van der Waals surface area contributed by atoms with Crippen molar-refractivity contribution in [2.45, 2.75) is 32.9 Å². The van der Waals surface area contributed by atoms with Crippen molar-refractivity contribution < 1.29 is 14.3 Å². The lowest BCUT2D eigenvalue weighted by Gasteiger charge is -2.33. The summed E-state index contributed by atoms with van der Waals surface area (Å²) < 4.78 is 6.97. The molecular weight excluding hydrogens is 344 g/mol. The molecule has 0 saturated carbocycles. The number of nitrogens with one attached hydrogen (secondary N) is 1. The molecular formula is C20H26N4O3. The second-order valence-corrected chi connectivity index (χ2v) is 6.85. The van der Waals surface area contributed by atoms with E-state index in [1.54, 1.807) is 7.11 Å². The topological polar surface area (TPSA) is 76.5 Å². The van der Waals surface area contributed by atoms with Gasteiger partial charge >= 0.3 is 0 Å². The average Bonchev–Trinajstić information content (AvgIpc) is 3.05. The molecule has 1 aromatic heterocycles. The van der Waals surface area contributed by atoms with Crippen molar-refractivity contribution in [3.63, 3.8) is 0 Å². The molecule has 144 valence electrons. The molecule has 7 nitrogen and oxygen atoms in total. The minimum Gasteiger partial charge on any atom is -0.383 e. The molecule has 1 aromatic carbocycles. The van der Waals surface area contributed by atoms with E-state index in [1.807, 2.05) is 53.8 Å². The Balaban J connectivity index is 1.70. The van der Waals surface area contributed by atoms with Crippen LogP contribution in [0.2, 0.25) is 0 Å². The number of carbonyl (C=O) groups excluding carboxylic acids is 2. The normalized spacial score (nSPS) is 16.1. The number of amides is 2. The Bertz CT molecular complexity index is 830. The number of rotatable bonds is 6. The molecule has 27 heavy (non-hydrogen) atoms. The molecule has 0 bridgehead atoms. The van der Waals surface area contributed by atoms with Crippen molar-refractivity contribution in [2.75, 3.05) is 26.8 Å². The first-order valence-electron chi connectivity index (χ1n) is 9.19. The maximum absolute atomic E-state index is 12.9. The van der Waals surface area contributed by atoms with Gasteiger partial charge in [0.05, 0.1) is 24.8 Å². The second kappa shape index (κ2) is 8.35. The summed E-state index contributed by atoms with van der Waals surface area (Å²) in [6.07, 6.45) is 2.14. The number of imidazole rings is 1. The van der Waals surface area contributed by atoms with Gasteiger partial charge in [0.2, 0.25) is 5.91 Å². The Morgan fingerprint density at radius 2 is 2.15 bits per heavy atom. The van der Waals surface area contributed by atoms with Crippen molar-refractivity contribution in [3.05, 3.63) is 53.1 Å². The molecule has 1 atom stereocenters. The number of aryl methyl sites for hydroxylation is 1. The predicted molar refractivity (Wildman–Crippen MR) is 101 cm³/mol. The van der Waals surface area contributed by atoms with Crippen LogP contribution in [0.5, 0.6) is 0 Å². The monoisotopic (exact) mass is 370 g/mol. The lowest BCUT2D eigenvalue weighted by atomic mass is 10.1. The van der Waals surface area contributed by atoms with Gasteiger partial charge < -0.3 is 19.5 Å². The zero-order valence-electron chi connectivity index (χ0n) is 16.1. The van der Waals surface area contributed by atoms with Gasteiger partial charge in [0.15, 0.2) is 0 Å². The number of fused-ring (bicyclic) bond motifs is 1. The van der Waals surface area contributed by atoms with Crippen molar-refractivity contribution in [3.8, 4) is 0 Å². The van der Waals surface area contributed by atoms with Crippen LogP contribution in [-0.2, 0) is 22.5 Å². The van der Waals surface area contributed by atoms with Crippen LogP contribution in [0.15, 0.2) is 30.5 Å². The van der Waals surface area contributed by atoms with E-state index in [-0.39, 0.29) is 24.3 Å². The van der Waals surface area contributed by atoms with Crippen LogP contribution in [0.25, 0.3) is 0 Å². The van der Waals surface area contributed by atoms with Crippen molar-refractivity contribution in [1.82, 2.24) is 19.8 Å². The van der Waals surface area contributed by atoms with E-state index in [0.29, 0.717) is 31.8 Å². The molecule has 7 heteroatoms. The highest BCUT2D eigenvalue weighted by atomic mass is 16.5. The van der Waals surface area contributed by atoms with E-state index < -0.39 is 0 Å². The number of carbonyl (C=O) groups is 2. The molecule has 2 heterocycles. The summed E-state index contributed by atoms with van der Waals surface area (Å²) in [5, 5.41) is 2.80. The fraction of sp³-hybridized carbons (Fsp3) is 0.450. The van der Waals surface area contributed by atoms with Crippen molar-refractivity contribution in [2.24, 2.45) is 0 Å². The summed E-state index contributed by atoms with van der Waals surface area (Å²) >= 11 is 0. The van der Waals surface area contributed by atoms with E-state index in [2.05, 4.69) is 10.3 Å². The second-order valence-electron chi connectivity index (χ2n) is 6.85. The zero-order valence-corrected chi connectivity index (χ0v) is 16.1. The molecule has 1 N–H and O–H groups in total. The minimum atomic E-state index is -0.142. The molecule has 0 fully saturated rings. The van der Waals surface area contributed by atoms with Gasteiger partial charge in [-0.1, -0.05) is 17.7 Å². The van der Waals surface area contributed by atoms with Crippen LogP contribution in [0.4, 0.5) is 0 Å². The standard InChI is InChI=1S/C20H26N4O3/c1-14-5-4-6-16(11-14)20(26)24-9-8-23-13-17(22-19(23)15(24)2)12-18(25)21-7-10-27-3/h4-6,11,13,15H,7-10,12H2,1-3H3,(H,21,25). The van der Waals surface area contributed by atoms with Crippen LogP contribution in [0.1, 0.15) is 40.4 Å². The molecule has 0 saturated heterocycles. The first kappa shape index (κ1) is 19.1. The molecule has 3 rings (SSSR count). The summed E-state index contributed by atoms with van der Waals surface area (Å²) in [6, 6.07) is 7.49. The quantitative estimate of drug-likeness (QED) is 0.786.